The Labute approximate surface area is 338 Å². The molecule has 0 spiro atoms. The predicted molar refractivity (Wildman–Crippen MR) is 247 cm³/mol. The van der Waals surface area contributed by atoms with Crippen molar-refractivity contribution in [2.75, 3.05) is 4.90 Å². The second-order valence-electron chi connectivity index (χ2n) is 14.9. The first-order valence-electron chi connectivity index (χ1n) is 19.7. The van der Waals surface area contributed by atoms with Crippen LogP contribution in [0.15, 0.2) is 211 Å². The molecule has 3 aromatic heterocycles. The molecule has 0 fully saturated rings. The zero-order valence-corrected chi connectivity index (χ0v) is 32.2. The van der Waals surface area contributed by atoms with E-state index in [9.17, 15) is 0 Å². The van der Waals surface area contributed by atoms with E-state index in [4.69, 9.17) is 4.42 Å². The van der Waals surface area contributed by atoms with Gasteiger partial charge >= 0.3 is 0 Å². The summed E-state index contributed by atoms with van der Waals surface area (Å²) in [7, 11) is 0. The third kappa shape index (κ3) is 5.12. The van der Waals surface area contributed by atoms with E-state index >= 15 is 0 Å². The minimum absolute atomic E-state index is 0.880. The van der Waals surface area contributed by atoms with Gasteiger partial charge in [-0.1, -0.05) is 133 Å². The van der Waals surface area contributed by atoms with Gasteiger partial charge in [0.25, 0.3) is 0 Å². The fraction of sp³-hybridized carbons (Fsp3) is 0. The van der Waals surface area contributed by atoms with Crippen LogP contribution in [0.3, 0.4) is 0 Å². The van der Waals surface area contributed by atoms with Gasteiger partial charge in [-0.05, 0) is 95.1 Å². The number of fused-ring (bicyclic) bond motifs is 9. The minimum Gasteiger partial charge on any atom is -0.456 e. The monoisotopic (exact) mass is 758 g/mol. The summed E-state index contributed by atoms with van der Waals surface area (Å²) in [5.41, 5.74) is 13.4. The molecule has 0 aliphatic rings. The van der Waals surface area contributed by atoms with E-state index in [0.29, 0.717) is 0 Å². The van der Waals surface area contributed by atoms with Crippen LogP contribution in [0.1, 0.15) is 0 Å². The maximum atomic E-state index is 6.36. The number of furan rings is 1. The van der Waals surface area contributed by atoms with Gasteiger partial charge in [0, 0.05) is 58.8 Å². The number of thiophene rings is 1. The second kappa shape index (κ2) is 13.1. The predicted octanol–water partition coefficient (Wildman–Crippen LogP) is 15.9. The lowest BCUT2D eigenvalue weighted by molar-refractivity contribution is 0.669. The number of nitrogens with zero attached hydrogens (tertiary/aromatic N) is 2. The van der Waals surface area contributed by atoms with Crippen molar-refractivity contribution in [3.63, 3.8) is 0 Å². The van der Waals surface area contributed by atoms with Gasteiger partial charge < -0.3 is 13.9 Å². The summed E-state index contributed by atoms with van der Waals surface area (Å²) in [4.78, 5) is 2.46. The smallest absolute Gasteiger partial charge is 0.135 e. The maximum Gasteiger partial charge on any atom is 0.135 e. The second-order valence-corrected chi connectivity index (χ2v) is 15.9. The highest BCUT2D eigenvalue weighted by molar-refractivity contribution is 7.26. The maximum absolute atomic E-state index is 6.36. The normalized spacial score (nSPS) is 11.8. The van der Waals surface area contributed by atoms with Crippen LogP contribution < -0.4 is 4.90 Å². The van der Waals surface area contributed by atoms with Gasteiger partial charge in [-0.3, -0.25) is 0 Å². The van der Waals surface area contributed by atoms with E-state index in [1.807, 2.05) is 17.4 Å². The average Bonchev–Trinajstić information content (AvgIpc) is 3.97. The summed E-state index contributed by atoms with van der Waals surface area (Å²) in [5.74, 6) is 0. The number of benzene rings is 9. The molecule has 0 aliphatic carbocycles. The lowest BCUT2D eigenvalue weighted by Gasteiger charge is -2.27. The molecule has 272 valence electrons. The highest BCUT2D eigenvalue weighted by Crippen LogP contribution is 2.50. The molecule has 9 aromatic carbocycles. The van der Waals surface area contributed by atoms with Crippen molar-refractivity contribution in [2.24, 2.45) is 0 Å². The van der Waals surface area contributed by atoms with Crippen molar-refractivity contribution in [2.45, 2.75) is 0 Å². The Morgan fingerprint density at radius 3 is 1.86 bits per heavy atom. The first-order chi connectivity index (χ1) is 28.8. The molecule has 0 unspecified atom stereocenters. The molecule has 58 heavy (non-hydrogen) atoms. The van der Waals surface area contributed by atoms with E-state index in [2.05, 4.69) is 210 Å². The molecular weight excluding hydrogens is 725 g/mol. The van der Waals surface area contributed by atoms with E-state index in [1.54, 1.807) is 0 Å². The molecule has 4 heteroatoms. The zero-order chi connectivity index (χ0) is 38.2. The number of hydrogen-bond donors (Lipinski definition) is 0. The summed E-state index contributed by atoms with van der Waals surface area (Å²) >= 11 is 1.88. The lowest BCUT2D eigenvalue weighted by Crippen LogP contribution is -2.10. The third-order valence-corrected chi connectivity index (χ3v) is 12.8. The van der Waals surface area contributed by atoms with Crippen molar-refractivity contribution in [3.05, 3.63) is 206 Å². The molecule has 0 amide bonds. The molecule has 0 saturated carbocycles. The quantitative estimate of drug-likeness (QED) is 0.168. The Morgan fingerprint density at radius 2 is 1.05 bits per heavy atom. The van der Waals surface area contributed by atoms with Crippen molar-refractivity contribution in [1.82, 2.24) is 4.57 Å². The highest BCUT2D eigenvalue weighted by Gasteiger charge is 2.24. The van der Waals surface area contributed by atoms with Gasteiger partial charge in [0.15, 0.2) is 0 Å². The molecule has 3 heterocycles. The highest BCUT2D eigenvalue weighted by atomic mass is 32.1. The standard InChI is InChI=1S/C54H34N2OS/c1-4-14-35(15-5-1)37-24-27-44-52(32-37)58-54-41(36-16-6-2-7-17-36)28-30-49(53(44)54)55(40-26-31-51-46(34-40)43-21-11-13-23-50(43)57-51)39-25-29-48-45(33-39)42-20-10-12-22-47(42)56(48)38-18-8-3-9-19-38/h1-34H. The van der Waals surface area contributed by atoms with Crippen LogP contribution in [-0.4, -0.2) is 4.57 Å². The summed E-state index contributed by atoms with van der Waals surface area (Å²) in [6.45, 7) is 0. The van der Waals surface area contributed by atoms with Crippen molar-refractivity contribution in [1.29, 1.82) is 0 Å². The molecule has 0 bridgehead atoms. The molecular formula is C54H34N2OS. The van der Waals surface area contributed by atoms with Crippen LogP contribution in [0, 0.1) is 0 Å². The Kier molecular flexibility index (Phi) is 7.40. The van der Waals surface area contributed by atoms with Gasteiger partial charge in [0.1, 0.15) is 11.2 Å². The Morgan fingerprint density at radius 1 is 0.414 bits per heavy atom. The van der Waals surface area contributed by atoms with Crippen LogP contribution in [-0.2, 0) is 0 Å². The molecule has 0 N–H and O–H groups in total. The van der Waals surface area contributed by atoms with Gasteiger partial charge in [0.2, 0.25) is 0 Å². The molecule has 0 atom stereocenters. The molecule has 3 nitrogen and oxygen atoms in total. The van der Waals surface area contributed by atoms with E-state index < -0.39 is 0 Å². The van der Waals surface area contributed by atoms with Crippen molar-refractivity contribution in [3.8, 4) is 27.9 Å². The summed E-state index contributed by atoms with van der Waals surface area (Å²) in [5, 5.41) is 7.12. The third-order valence-electron chi connectivity index (χ3n) is 11.6. The van der Waals surface area contributed by atoms with Gasteiger partial charge in [-0.2, -0.15) is 0 Å². The van der Waals surface area contributed by atoms with Crippen molar-refractivity contribution >= 4 is 92.3 Å². The SMILES string of the molecule is c1ccc(-c2ccc3c(c2)sc2c(-c4ccccc4)ccc(N(c4ccc5oc6ccccc6c5c4)c4ccc5c(c4)c4ccccc4n5-c4ccccc4)c23)cc1. The molecule has 0 saturated heterocycles. The lowest BCUT2D eigenvalue weighted by atomic mass is 9.98. The number of anilines is 3. The van der Waals surface area contributed by atoms with Crippen LogP contribution in [0.25, 0.3) is 91.9 Å². The van der Waals surface area contributed by atoms with Crippen LogP contribution >= 0.6 is 11.3 Å². The molecule has 12 rings (SSSR count). The number of hydrogen-bond acceptors (Lipinski definition) is 3. The Hall–Kier alpha value is -7.40. The topological polar surface area (TPSA) is 21.3 Å². The van der Waals surface area contributed by atoms with Crippen LogP contribution in [0.2, 0.25) is 0 Å². The molecule has 0 aliphatic heterocycles. The molecule has 0 radical (unpaired) electrons. The summed E-state index contributed by atoms with van der Waals surface area (Å²) in [6.07, 6.45) is 0. The number of para-hydroxylation sites is 3. The van der Waals surface area contributed by atoms with Gasteiger partial charge in [0.05, 0.1) is 16.7 Å². The number of rotatable bonds is 6. The fourth-order valence-electron chi connectivity index (χ4n) is 8.94. The molecule has 12 aromatic rings. The Balaban J connectivity index is 1.16. The minimum atomic E-state index is 0.880. The van der Waals surface area contributed by atoms with Gasteiger partial charge in [-0.25, -0.2) is 0 Å². The largest absolute Gasteiger partial charge is 0.456 e. The number of aromatic nitrogens is 1. The van der Waals surface area contributed by atoms with E-state index in [0.717, 1.165) is 44.7 Å². The van der Waals surface area contributed by atoms with Gasteiger partial charge in [-0.15, -0.1) is 11.3 Å². The first-order valence-corrected chi connectivity index (χ1v) is 20.5. The fourth-order valence-corrected chi connectivity index (χ4v) is 10.2. The Bertz CT molecular complexity index is 3510. The van der Waals surface area contributed by atoms with Crippen LogP contribution in [0.4, 0.5) is 17.1 Å². The summed E-state index contributed by atoms with van der Waals surface area (Å²) < 4.78 is 11.3. The first kappa shape index (κ1) is 32.8. The van der Waals surface area contributed by atoms with E-state index in [1.165, 1.54) is 64.2 Å². The average molecular weight is 759 g/mol. The van der Waals surface area contributed by atoms with Crippen LogP contribution in [0.5, 0.6) is 0 Å². The van der Waals surface area contributed by atoms with Crippen molar-refractivity contribution < 1.29 is 4.42 Å². The zero-order valence-electron chi connectivity index (χ0n) is 31.3. The summed E-state index contributed by atoms with van der Waals surface area (Å²) in [6, 6.07) is 74.5. The van der Waals surface area contributed by atoms with E-state index in [-0.39, 0.29) is 0 Å².